The molecule has 1 aromatic carbocycles. The van der Waals surface area contributed by atoms with Crippen molar-refractivity contribution in [3.8, 4) is 11.4 Å². The average Bonchev–Trinajstić information content (AvgIpc) is 2.86. The Morgan fingerprint density at radius 3 is 2.90 bits per heavy atom. The third kappa shape index (κ3) is 4.10. The maximum Gasteiger partial charge on any atom is 0.303 e. The summed E-state index contributed by atoms with van der Waals surface area (Å²) in [4.78, 5) is 21.6. The second kappa shape index (κ2) is 6.60. The molecule has 0 radical (unpaired) electrons. The molecule has 0 bridgehead atoms. The fraction of sp³-hybridized carbons (Fsp3) is 0.308. The number of aliphatic carboxylic acids is 1. The number of amides is 1. The van der Waals surface area contributed by atoms with E-state index in [1.165, 1.54) is 6.92 Å². The number of nitrogens with zero attached hydrogens (tertiary/aromatic N) is 4. The Labute approximate surface area is 120 Å². The predicted octanol–water partition coefficient (Wildman–Crippen LogP) is 1.16. The Balaban J connectivity index is 2.16. The van der Waals surface area contributed by atoms with Crippen LogP contribution < -0.4 is 5.32 Å². The normalized spacial score (nSPS) is 10.3. The van der Waals surface area contributed by atoms with Gasteiger partial charge in [-0.2, -0.15) is 0 Å². The number of aromatic nitrogens is 4. The number of nitrogens with one attached hydrogen (secondary N) is 1. The molecule has 2 aromatic rings. The molecular weight excluding hydrogens is 274 g/mol. The van der Waals surface area contributed by atoms with Gasteiger partial charge >= 0.3 is 5.97 Å². The highest BCUT2D eigenvalue weighted by atomic mass is 16.4. The van der Waals surface area contributed by atoms with E-state index in [-0.39, 0.29) is 12.3 Å². The first-order chi connectivity index (χ1) is 10.1. The van der Waals surface area contributed by atoms with Crippen LogP contribution in [0.5, 0.6) is 0 Å². The summed E-state index contributed by atoms with van der Waals surface area (Å²) in [6.45, 7) is 1.85. The fourth-order valence-electron chi connectivity index (χ4n) is 1.88. The Morgan fingerprint density at radius 1 is 1.38 bits per heavy atom. The van der Waals surface area contributed by atoms with Crippen molar-refractivity contribution in [2.75, 3.05) is 5.32 Å². The number of aryl methyl sites for hydroxylation is 1. The van der Waals surface area contributed by atoms with Crippen molar-refractivity contribution in [2.24, 2.45) is 0 Å². The molecule has 0 aliphatic heterocycles. The van der Waals surface area contributed by atoms with E-state index in [1.807, 2.05) is 6.07 Å². The van der Waals surface area contributed by atoms with Gasteiger partial charge in [0, 0.05) is 31.1 Å². The summed E-state index contributed by atoms with van der Waals surface area (Å²) < 4.78 is 1.55. The Morgan fingerprint density at radius 2 is 2.19 bits per heavy atom. The van der Waals surface area contributed by atoms with Crippen molar-refractivity contribution >= 4 is 17.6 Å². The van der Waals surface area contributed by atoms with E-state index >= 15 is 0 Å². The smallest absolute Gasteiger partial charge is 0.303 e. The zero-order chi connectivity index (χ0) is 15.2. The van der Waals surface area contributed by atoms with Crippen molar-refractivity contribution in [3.63, 3.8) is 0 Å². The molecule has 0 unspecified atom stereocenters. The van der Waals surface area contributed by atoms with Crippen molar-refractivity contribution in [2.45, 2.75) is 26.3 Å². The van der Waals surface area contributed by atoms with Gasteiger partial charge in [0.15, 0.2) is 5.82 Å². The quantitative estimate of drug-likeness (QED) is 0.825. The van der Waals surface area contributed by atoms with E-state index in [4.69, 9.17) is 5.11 Å². The van der Waals surface area contributed by atoms with E-state index in [1.54, 1.807) is 22.9 Å². The first-order valence-electron chi connectivity index (χ1n) is 6.42. The van der Waals surface area contributed by atoms with Crippen LogP contribution in [0.1, 0.15) is 19.8 Å². The Kier molecular flexibility index (Phi) is 4.60. The van der Waals surface area contributed by atoms with Crippen LogP contribution in [0, 0.1) is 0 Å². The van der Waals surface area contributed by atoms with E-state index in [9.17, 15) is 9.59 Å². The van der Waals surface area contributed by atoms with E-state index in [2.05, 4.69) is 20.8 Å². The molecule has 2 N–H and O–H groups in total. The summed E-state index contributed by atoms with van der Waals surface area (Å²) in [5.41, 5.74) is 1.40. The second-order valence-electron chi connectivity index (χ2n) is 4.48. The summed E-state index contributed by atoms with van der Waals surface area (Å²) in [6.07, 6.45) is 0.504. The molecule has 8 heteroatoms. The zero-order valence-corrected chi connectivity index (χ0v) is 11.5. The summed E-state index contributed by atoms with van der Waals surface area (Å²) in [5, 5.41) is 22.8. The second-order valence-corrected chi connectivity index (χ2v) is 4.48. The maximum absolute atomic E-state index is 11.1. The molecule has 21 heavy (non-hydrogen) atoms. The van der Waals surface area contributed by atoms with Crippen LogP contribution in [0.2, 0.25) is 0 Å². The van der Waals surface area contributed by atoms with E-state index < -0.39 is 5.97 Å². The number of carboxylic acids is 1. The number of rotatable bonds is 6. The third-order valence-electron chi connectivity index (χ3n) is 2.73. The van der Waals surface area contributed by atoms with Gasteiger partial charge in [0.05, 0.1) is 0 Å². The lowest BCUT2D eigenvalue weighted by atomic mass is 10.2. The molecule has 0 spiro atoms. The molecule has 0 saturated carbocycles. The maximum atomic E-state index is 11.1. The monoisotopic (exact) mass is 289 g/mol. The van der Waals surface area contributed by atoms with Gasteiger partial charge in [-0.05, 0) is 29.0 Å². The highest BCUT2D eigenvalue weighted by molar-refractivity contribution is 5.89. The van der Waals surface area contributed by atoms with E-state index in [0.717, 1.165) is 5.56 Å². The predicted molar refractivity (Wildman–Crippen MR) is 74.4 cm³/mol. The zero-order valence-electron chi connectivity index (χ0n) is 11.5. The molecule has 0 aliphatic carbocycles. The van der Waals surface area contributed by atoms with Gasteiger partial charge in [0.2, 0.25) is 5.91 Å². The number of tetrazole rings is 1. The summed E-state index contributed by atoms with van der Waals surface area (Å²) in [5.74, 6) is -0.474. The van der Waals surface area contributed by atoms with Crippen LogP contribution in [-0.4, -0.2) is 37.2 Å². The van der Waals surface area contributed by atoms with Gasteiger partial charge in [0.25, 0.3) is 0 Å². The van der Waals surface area contributed by atoms with Crippen molar-refractivity contribution in [1.82, 2.24) is 20.2 Å². The van der Waals surface area contributed by atoms with Gasteiger partial charge in [0.1, 0.15) is 0 Å². The molecule has 2 rings (SSSR count). The molecule has 0 saturated heterocycles. The number of carboxylic acid groups (broad SMARTS) is 1. The Hall–Kier alpha value is -2.77. The number of hydrogen-bond acceptors (Lipinski definition) is 5. The average molecular weight is 289 g/mol. The van der Waals surface area contributed by atoms with Crippen LogP contribution in [0.15, 0.2) is 24.3 Å². The van der Waals surface area contributed by atoms with Crippen molar-refractivity contribution in [3.05, 3.63) is 24.3 Å². The van der Waals surface area contributed by atoms with Crippen LogP contribution in [0.3, 0.4) is 0 Å². The van der Waals surface area contributed by atoms with Gasteiger partial charge < -0.3 is 10.4 Å². The van der Waals surface area contributed by atoms with Crippen LogP contribution in [-0.2, 0) is 16.1 Å². The molecule has 0 fully saturated rings. The van der Waals surface area contributed by atoms with Crippen molar-refractivity contribution < 1.29 is 14.7 Å². The molecular formula is C13H15N5O3. The lowest BCUT2D eigenvalue weighted by molar-refractivity contribution is -0.137. The number of carbonyl (C=O) groups is 2. The lowest BCUT2D eigenvalue weighted by Gasteiger charge is -2.06. The fourth-order valence-corrected chi connectivity index (χ4v) is 1.88. The molecule has 0 aliphatic rings. The SMILES string of the molecule is CC(=O)Nc1cccc(-c2nnnn2CCCC(=O)O)c1. The van der Waals surface area contributed by atoms with Crippen LogP contribution in [0.25, 0.3) is 11.4 Å². The minimum atomic E-state index is -0.850. The highest BCUT2D eigenvalue weighted by Crippen LogP contribution is 2.20. The number of anilines is 1. The number of carbonyl (C=O) groups excluding carboxylic acids is 1. The molecule has 1 heterocycles. The lowest BCUT2D eigenvalue weighted by Crippen LogP contribution is -2.07. The highest BCUT2D eigenvalue weighted by Gasteiger charge is 2.10. The van der Waals surface area contributed by atoms with Crippen molar-refractivity contribution in [1.29, 1.82) is 0 Å². The summed E-state index contributed by atoms with van der Waals surface area (Å²) >= 11 is 0. The third-order valence-corrected chi connectivity index (χ3v) is 2.73. The first kappa shape index (κ1) is 14.6. The van der Waals surface area contributed by atoms with Crippen LogP contribution >= 0.6 is 0 Å². The standard InChI is InChI=1S/C13H15N5O3/c1-9(19)14-11-5-2-4-10(8-11)13-15-16-17-18(13)7-3-6-12(20)21/h2,4-5,8H,3,6-7H2,1H3,(H,14,19)(H,20,21). The minimum Gasteiger partial charge on any atom is -0.481 e. The molecule has 110 valence electrons. The van der Waals surface area contributed by atoms with E-state index in [0.29, 0.717) is 24.5 Å². The Bertz CT molecular complexity index is 653. The molecule has 1 aromatic heterocycles. The minimum absolute atomic E-state index is 0.0607. The van der Waals surface area contributed by atoms with Gasteiger partial charge in [-0.3, -0.25) is 9.59 Å². The van der Waals surface area contributed by atoms with Gasteiger partial charge in [-0.1, -0.05) is 12.1 Å². The molecule has 8 nitrogen and oxygen atoms in total. The topological polar surface area (TPSA) is 110 Å². The molecule has 1 amide bonds. The number of benzene rings is 1. The largest absolute Gasteiger partial charge is 0.481 e. The first-order valence-corrected chi connectivity index (χ1v) is 6.42. The summed E-state index contributed by atoms with van der Waals surface area (Å²) in [7, 11) is 0. The summed E-state index contributed by atoms with van der Waals surface area (Å²) in [6, 6.07) is 7.14. The van der Waals surface area contributed by atoms with Gasteiger partial charge in [-0.15, -0.1) is 5.10 Å². The molecule has 0 atom stereocenters. The number of hydrogen-bond donors (Lipinski definition) is 2. The van der Waals surface area contributed by atoms with Gasteiger partial charge in [-0.25, -0.2) is 4.68 Å². The van der Waals surface area contributed by atoms with Crippen LogP contribution in [0.4, 0.5) is 5.69 Å².